The van der Waals surface area contributed by atoms with E-state index in [-0.39, 0.29) is 5.82 Å². The molecule has 0 radical (unpaired) electrons. The van der Waals surface area contributed by atoms with Crippen molar-refractivity contribution in [2.75, 3.05) is 20.1 Å². The predicted molar refractivity (Wildman–Crippen MR) is 101 cm³/mol. The van der Waals surface area contributed by atoms with E-state index in [1.54, 1.807) is 12.1 Å². The second-order valence-electron chi connectivity index (χ2n) is 6.47. The Bertz CT molecular complexity index is 993. The monoisotopic (exact) mass is 352 g/mol. The van der Waals surface area contributed by atoms with Crippen LogP contribution in [0.1, 0.15) is 16.8 Å². The number of hydrogen-bond donors (Lipinski definition) is 0. The first-order valence-electron chi connectivity index (χ1n) is 8.39. The molecule has 2 nitrogen and oxygen atoms in total. The summed E-state index contributed by atoms with van der Waals surface area (Å²) in [5, 5.41) is 1.93. The molecule has 0 saturated carbocycles. The Morgan fingerprint density at radius 2 is 1.80 bits per heavy atom. The maximum atomic E-state index is 13.1. The lowest BCUT2D eigenvalue weighted by atomic mass is 10.1. The van der Waals surface area contributed by atoms with E-state index in [1.807, 2.05) is 18.2 Å². The van der Waals surface area contributed by atoms with Crippen molar-refractivity contribution in [1.82, 2.24) is 9.47 Å². The van der Waals surface area contributed by atoms with Crippen molar-refractivity contribution in [2.45, 2.75) is 12.8 Å². The van der Waals surface area contributed by atoms with Gasteiger partial charge in [0.05, 0.1) is 5.52 Å². The van der Waals surface area contributed by atoms with Crippen LogP contribution in [-0.4, -0.2) is 29.6 Å². The number of nitrogens with zero attached hydrogens (tertiary/aromatic N) is 2. The molecule has 3 aromatic rings. The second-order valence-corrected chi connectivity index (χ2v) is 6.91. The first kappa shape index (κ1) is 16.2. The molecule has 0 aliphatic carbocycles. The van der Waals surface area contributed by atoms with E-state index in [1.165, 1.54) is 28.8 Å². The van der Waals surface area contributed by atoms with Crippen molar-refractivity contribution in [3.05, 3.63) is 70.1 Å². The number of fused-ring (bicyclic) bond motifs is 3. The third-order valence-corrected chi connectivity index (χ3v) is 5.01. The van der Waals surface area contributed by atoms with Crippen molar-refractivity contribution in [2.24, 2.45) is 0 Å². The van der Waals surface area contributed by atoms with Gasteiger partial charge in [-0.2, -0.15) is 0 Å². The predicted octanol–water partition coefficient (Wildman–Crippen LogP) is 4.32. The fourth-order valence-electron chi connectivity index (χ4n) is 3.42. The molecule has 0 saturated heterocycles. The zero-order valence-electron chi connectivity index (χ0n) is 14.0. The standard InChI is InChI=1S/C21H18ClFN2/c1-24-11-9-18-19-14-16(22)4-7-20(19)25(21(18)10-12-24)13-8-15-2-5-17(23)6-3-15/h2-7,14H,9-12H2,1H3. The lowest BCUT2D eigenvalue weighted by Gasteiger charge is -2.12. The molecule has 1 aliphatic heterocycles. The molecule has 0 spiro atoms. The Labute approximate surface area is 151 Å². The summed E-state index contributed by atoms with van der Waals surface area (Å²) in [6, 6.07) is 15.5. The van der Waals surface area contributed by atoms with Crippen LogP contribution < -0.4 is 0 Å². The number of benzene rings is 2. The van der Waals surface area contributed by atoms with Crippen LogP contribution in [0, 0.1) is 17.8 Å². The van der Waals surface area contributed by atoms with Crippen molar-refractivity contribution in [1.29, 1.82) is 0 Å². The zero-order valence-corrected chi connectivity index (χ0v) is 14.8. The van der Waals surface area contributed by atoms with Crippen molar-refractivity contribution >= 4 is 22.5 Å². The molecule has 2 aromatic carbocycles. The van der Waals surface area contributed by atoms with Gasteiger partial charge < -0.3 is 4.90 Å². The molecule has 0 fully saturated rings. The zero-order chi connectivity index (χ0) is 17.4. The van der Waals surface area contributed by atoms with E-state index < -0.39 is 0 Å². The largest absolute Gasteiger partial charge is 0.306 e. The third kappa shape index (κ3) is 3.16. The topological polar surface area (TPSA) is 8.17 Å². The highest BCUT2D eigenvalue weighted by molar-refractivity contribution is 6.31. The summed E-state index contributed by atoms with van der Waals surface area (Å²) in [5.41, 5.74) is 4.50. The second kappa shape index (κ2) is 6.55. The minimum atomic E-state index is -0.247. The minimum absolute atomic E-state index is 0.247. The molecule has 0 atom stereocenters. The molecule has 0 N–H and O–H groups in total. The van der Waals surface area contributed by atoms with Crippen LogP contribution in [0.4, 0.5) is 4.39 Å². The molecule has 4 heteroatoms. The average molecular weight is 353 g/mol. The van der Waals surface area contributed by atoms with Crippen molar-refractivity contribution < 1.29 is 4.39 Å². The first-order chi connectivity index (χ1) is 12.1. The lowest BCUT2D eigenvalue weighted by Crippen LogP contribution is -2.21. The van der Waals surface area contributed by atoms with Gasteiger partial charge in [0.15, 0.2) is 0 Å². The highest BCUT2D eigenvalue weighted by Gasteiger charge is 2.20. The van der Waals surface area contributed by atoms with Gasteiger partial charge in [0, 0.05) is 47.2 Å². The number of likely N-dealkylation sites (N-methyl/N-ethyl adjacent to an activating group) is 1. The summed E-state index contributed by atoms with van der Waals surface area (Å²) < 4.78 is 15.2. The van der Waals surface area contributed by atoms with E-state index in [0.29, 0.717) is 0 Å². The number of hydrogen-bond acceptors (Lipinski definition) is 1. The summed E-state index contributed by atoms with van der Waals surface area (Å²) in [7, 11) is 2.15. The fourth-order valence-corrected chi connectivity index (χ4v) is 3.59. The molecule has 1 aliphatic rings. The molecule has 0 amide bonds. The average Bonchev–Trinajstić information content (AvgIpc) is 2.75. The normalized spacial score (nSPS) is 14.7. The van der Waals surface area contributed by atoms with Crippen molar-refractivity contribution in [3.8, 4) is 12.0 Å². The van der Waals surface area contributed by atoms with E-state index >= 15 is 0 Å². The number of halogens is 2. The van der Waals surface area contributed by atoms with Crippen LogP contribution in [0.25, 0.3) is 10.9 Å². The van der Waals surface area contributed by atoms with E-state index in [9.17, 15) is 4.39 Å². The molecule has 1 aromatic heterocycles. The van der Waals surface area contributed by atoms with Gasteiger partial charge in [-0.25, -0.2) is 4.39 Å². The van der Waals surface area contributed by atoms with Crippen LogP contribution in [-0.2, 0) is 12.8 Å². The summed E-state index contributed by atoms with van der Waals surface area (Å²) in [6.45, 7) is 2.04. The molecule has 4 rings (SSSR count). The van der Waals surface area contributed by atoms with Crippen LogP contribution in [0.15, 0.2) is 42.5 Å². The van der Waals surface area contributed by atoms with Gasteiger partial charge in [0.1, 0.15) is 5.82 Å². The quantitative estimate of drug-likeness (QED) is 0.547. The third-order valence-electron chi connectivity index (χ3n) is 4.77. The molecule has 2 heterocycles. The van der Waals surface area contributed by atoms with Gasteiger partial charge in [-0.05, 0) is 67.4 Å². The highest BCUT2D eigenvalue weighted by Crippen LogP contribution is 2.30. The minimum Gasteiger partial charge on any atom is -0.306 e. The van der Waals surface area contributed by atoms with Crippen LogP contribution in [0.3, 0.4) is 0 Å². The van der Waals surface area contributed by atoms with E-state index in [2.05, 4.69) is 28.5 Å². The van der Waals surface area contributed by atoms with Gasteiger partial charge >= 0.3 is 0 Å². The SMILES string of the molecule is CN1CCc2c(n(C#Cc3ccc(F)cc3)c3ccc(Cl)cc23)CC1. The highest BCUT2D eigenvalue weighted by atomic mass is 35.5. The summed E-state index contributed by atoms with van der Waals surface area (Å²) in [6.07, 6.45) is 1.95. The Morgan fingerprint density at radius 3 is 2.60 bits per heavy atom. The Hall–Kier alpha value is -2.28. The first-order valence-corrected chi connectivity index (χ1v) is 8.77. The van der Waals surface area contributed by atoms with Gasteiger partial charge in [0.2, 0.25) is 0 Å². The van der Waals surface area contributed by atoms with Gasteiger partial charge in [-0.3, -0.25) is 4.57 Å². The fraction of sp³-hybridized carbons (Fsp3) is 0.238. The molecular formula is C21H18ClFN2. The van der Waals surface area contributed by atoms with Gasteiger partial charge in [-0.15, -0.1) is 0 Å². The van der Waals surface area contributed by atoms with Crippen LogP contribution in [0.2, 0.25) is 5.02 Å². The smallest absolute Gasteiger partial charge is 0.123 e. The Morgan fingerprint density at radius 1 is 1.04 bits per heavy atom. The van der Waals surface area contributed by atoms with Crippen LogP contribution in [0.5, 0.6) is 0 Å². The van der Waals surface area contributed by atoms with Crippen LogP contribution >= 0.6 is 11.6 Å². The van der Waals surface area contributed by atoms with E-state index in [0.717, 1.165) is 42.0 Å². The number of rotatable bonds is 0. The summed E-state index contributed by atoms with van der Waals surface area (Å²) in [5.74, 6) is 2.92. The van der Waals surface area contributed by atoms with Crippen molar-refractivity contribution in [3.63, 3.8) is 0 Å². The molecular weight excluding hydrogens is 335 g/mol. The maximum absolute atomic E-state index is 13.1. The maximum Gasteiger partial charge on any atom is 0.123 e. The Balaban J connectivity index is 1.87. The number of aromatic nitrogens is 1. The van der Waals surface area contributed by atoms with Gasteiger partial charge in [0.25, 0.3) is 0 Å². The summed E-state index contributed by atoms with van der Waals surface area (Å²) in [4.78, 5) is 2.34. The van der Waals surface area contributed by atoms with Gasteiger partial charge in [-0.1, -0.05) is 11.6 Å². The molecule has 25 heavy (non-hydrogen) atoms. The molecule has 0 unspecified atom stereocenters. The molecule has 0 bridgehead atoms. The Kier molecular flexibility index (Phi) is 4.25. The van der Waals surface area contributed by atoms with E-state index in [4.69, 9.17) is 11.6 Å². The molecule has 126 valence electrons. The lowest BCUT2D eigenvalue weighted by molar-refractivity contribution is 0.351. The summed E-state index contributed by atoms with van der Waals surface area (Å²) >= 11 is 6.24.